The van der Waals surface area contributed by atoms with E-state index in [-0.39, 0.29) is 17.1 Å². The molecule has 0 fully saturated rings. The van der Waals surface area contributed by atoms with Gasteiger partial charge >= 0.3 is 0 Å². The fraction of sp³-hybridized carbons (Fsp3) is 0.462. The molecule has 0 aromatic heterocycles. The number of carbonyl (C=O) groups is 1. The lowest BCUT2D eigenvalue weighted by Gasteiger charge is -2.23. The predicted molar refractivity (Wildman–Crippen MR) is 67.7 cm³/mol. The lowest BCUT2D eigenvalue weighted by atomic mass is 9.80. The van der Waals surface area contributed by atoms with Crippen molar-refractivity contribution in [2.45, 2.75) is 26.7 Å². The minimum absolute atomic E-state index is 0.164. The Morgan fingerprint density at radius 3 is 2.19 bits per heavy atom. The van der Waals surface area contributed by atoms with Gasteiger partial charge in [0.1, 0.15) is 5.78 Å². The molecular weight excluding hydrogens is 222 g/mol. The number of nitrogens with two attached hydrogens (primary N) is 1. The highest BCUT2D eigenvalue weighted by molar-refractivity contribution is 6.30. The largest absolute Gasteiger partial charge is 0.329 e. The number of hydrogen-bond acceptors (Lipinski definition) is 2. The SMILES string of the molecule is CC(C)(C)C(=O)[C@H](CN)c1ccc(Cl)cc1. The Labute approximate surface area is 102 Å². The zero-order valence-electron chi connectivity index (χ0n) is 9.96. The third kappa shape index (κ3) is 3.06. The van der Waals surface area contributed by atoms with Crippen molar-refractivity contribution in [2.75, 3.05) is 6.54 Å². The minimum Gasteiger partial charge on any atom is -0.329 e. The third-order valence-electron chi connectivity index (χ3n) is 2.56. The molecule has 0 aliphatic carbocycles. The predicted octanol–water partition coefficient (Wildman–Crippen LogP) is 3.00. The molecule has 0 bridgehead atoms. The van der Waals surface area contributed by atoms with Gasteiger partial charge < -0.3 is 5.73 Å². The van der Waals surface area contributed by atoms with E-state index in [9.17, 15) is 4.79 Å². The van der Waals surface area contributed by atoms with Crippen LogP contribution >= 0.6 is 11.6 Å². The van der Waals surface area contributed by atoms with Gasteiger partial charge in [-0.1, -0.05) is 44.5 Å². The second kappa shape index (κ2) is 4.98. The van der Waals surface area contributed by atoms with Crippen LogP contribution in [-0.4, -0.2) is 12.3 Å². The molecule has 1 aromatic carbocycles. The highest BCUT2D eigenvalue weighted by atomic mass is 35.5. The van der Waals surface area contributed by atoms with Gasteiger partial charge in [0, 0.05) is 17.0 Å². The first-order valence-electron chi connectivity index (χ1n) is 5.36. The van der Waals surface area contributed by atoms with E-state index in [4.69, 9.17) is 17.3 Å². The molecule has 0 unspecified atom stereocenters. The van der Waals surface area contributed by atoms with Crippen molar-refractivity contribution in [1.29, 1.82) is 0 Å². The molecule has 0 radical (unpaired) electrons. The van der Waals surface area contributed by atoms with E-state index < -0.39 is 0 Å². The van der Waals surface area contributed by atoms with Gasteiger partial charge in [-0.15, -0.1) is 0 Å². The van der Waals surface area contributed by atoms with Crippen molar-refractivity contribution >= 4 is 17.4 Å². The van der Waals surface area contributed by atoms with Crippen LogP contribution < -0.4 is 5.73 Å². The summed E-state index contributed by atoms with van der Waals surface area (Å²) >= 11 is 5.81. The van der Waals surface area contributed by atoms with Gasteiger partial charge in [-0.25, -0.2) is 0 Å². The molecule has 0 aliphatic rings. The molecule has 0 spiro atoms. The number of benzene rings is 1. The molecular formula is C13H18ClNO. The maximum atomic E-state index is 12.2. The normalized spacial score (nSPS) is 13.6. The summed E-state index contributed by atoms with van der Waals surface area (Å²) in [6, 6.07) is 7.30. The van der Waals surface area contributed by atoms with Crippen LogP contribution in [0.3, 0.4) is 0 Å². The molecule has 0 aliphatic heterocycles. The smallest absolute Gasteiger partial charge is 0.146 e. The second-order valence-corrected chi connectivity index (χ2v) is 5.39. The van der Waals surface area contributed by atoms with E-state index in [0.29, 0.717) is 11.6 Å². The average Bonchev–Trinajstić information content (AvgIpc) is 2.20. The second-order valence-electron chi connectivity index (χ2n) is 4.95. The number of hydrogen-bond donors (Lipinski definition) is 1. The average molecular weight is 240 g/mol. The van der Waals surface area contributed by atoms with Crippen molar-refractivity contribution in [1.82, 2.24) is 0 Å². The van der Waals surface area contributed by atoms with Crippen molar-refractivity contribution in [3.63, 3.8) is 0 Å². The number of carbonyl (C=O) groups excluding carboxylic acids is 1. The third-order valence-corrected chi connectivity index (χ3v) is 2.82. The van der Waals surface area contributed by atoms with Crippen LogP contribution in [0.15, 0.2) is 24.3 Å². The maximum Gasteiger partial charge on any atom is 0.146 e. The van der Waals surface area contributed by atoms with Crippen LogP contribution in [0.25, 0.3) is 0 Å². The Kier molecular flexibility index (Phi) is 4.11. The van der Waals surface area contributed by atoms with Gasteiger partial charge in [-0.05, 0) is 17.7 Å². The topological polar surface area (TPSA) is 43.1 Å². The lowest BCUT2D eigenvalue weighted by Crippen LogP contribution is -2.31. The molecule has 3 heteroatoms. The van der Waals surface area contributed by atoms with Gasteiger partial charge in [0.15, 0.2) is 0 Å². The number of rotatable bonds is 3. The van der Waals surface area contributed by atoms with Crippen LogP contribution in [0.4, 0.5) is 0 Å². The monoisotopic (exact) mass is 239 g/mol. The Balaban J connectivity index is 2.99. The first-order valence-corrected chi connectivity index (χ1v) is 5.74. The number of halogens is 1. The molecule has 2 N–H and O–H groups in total. The Hall–Kier alpha value is -0.860. The molecule has 2 nitrogen and oxygen atoms in total. The summed E-state index contributed by atoms with van der Waals surface area (Å²) in [5.74, 6) is -0.0745. The molecule has 1 aromatic rings. The molecule has 1 rings (SSSR count). The fourth-order valence-corrected chi connectivity index (χ4v) is 1.74. The van der Waals surface area contributed by atoms with Crippen LogP contribution in [0, 0.1) is 5.41 Å². The Morgan fingerprint density at radius 1 is 1.31 bits per heavy atom. The zero-order chi connectivity index (χ0) is 12.3. The van der Waals surface area contributed by atoms with Gasteiger partial charge in [0.25, 0.3) is 0 Å². The fourth-order valence-electron chi connectivity index (χ4n) is 1.61. The molecule has 0 saturated heterocycles. The first kappa shape index (κ1) is 13.2. The van der Waals surface area contributed by atoms with E-state index in [1.807, 2.05) is 32.9 Å². The molecule has 0 amide bonds. The number of ketones is 1. The van der Waals surface area contributed by atoms with Crippen molar-refractivity contribution in [2.24, 2.45) is 11.1 Å². The lowest BCUT2D eigenvalue weighted by molar-refractivity contribution is -0.127. The summed E-state index contributed by atoms with van der Waals surface area (Å²) in [7, 11) is 0. The Morgan fingerprint density at radius 2 is 1.81 bits per heavy atom. The summed E-state index contributed by atoms with van der Waals surface area (Å²) in [5, 5.41) is 0.669. The van der Waals surface area contributed by atoms with Crippen LogP contribution in [0.5, 0.6) is 0 Å². The van der Waals surface area contributed by atoms with Crippen LogP contribution in [0.1, 0.15) is 32.3 Å². The van der Waals surface area contributed by atoms with Crippen molar-refractivity contribution < 1.29 is 4.79 Å². The summed E-state index contributed by atoms with van der Waals surface area (Å²) in [6.07, 6.45) is 0. The van der Waals surface area contributed by atoms with E-state index >= 15 is 0 Å². The standard InChI is InChI=1S/C13H18ClNO/c1-13(2,3)12(16)11(8-15)9-4-6-10(14)7-5-9/h4-7,11H,8,15H2,1-3H3/t11-/m1/s1. The molecule has 1 atom stereocenters. The summed E-state index contributed by atoms with van der Waals surface area (Å²) in [4.78, 5) is 12.2. The minimum atomic E-state index is -0.371. The summed E-state index contributed by atoms with van der Waals surface area (Å²) in [5.41, 5.74) is 6.25. The number of Topliss-reactive ketones (excluding diaryl/α,β-unsaturated/α-hetero) is 1. The van der Waals surface area contributed by atoms with E-state index in [0.717, 1.165) is 5.56 Å². The van der Waals surface area contributed by atoms with E-state index in [1.54, 1.807) is 12.1 Å². The Bertz CT molecular complexity index is 365. The molecule has 0 saturated carbocycles. The quantitative estimate of drug-likeness (QED) is 0.881. The highest BCUT2D eigenvalue weighted by Gasteiger charge is 2.29. The first-order chi connectivity index (χ1) is 7.36. The molecule has 88 valence electrons. The van der Waals surface area contributed by atoms with Gasteiger partial charge in [0.2, 0.25) is 0 Å². The summed E-state index contributed by atoms with van der Waals surface area (Å²) < 4.78 is 0. The molecule has 0 heterocycles. The van der Waals surface area contributed by atoms with Crippen LogP contribution in [-0.2, 0) is 4.79 Å². The van der Waals surface area contributed by atoms with Gasteiger partial charge in [-0.3, -0.25) is 4.79 Å². The zero-order valence-corrected chi connectivity index (χ0v) is 10.7. The van der Waals surface area contributed by atoms with E-state index in [1.165, 1.54) is 0 Å². The van der Waals surface area contributed by atoms with Crippen molar-refractivity contribution in [3.8, 4) is 0 Å². The highest BCUT2D eigenvalue weighted by Crippen LogP contribution is 2.27. The van der Waals surface area contributed by atoms with Gasteiger partial charge in [0.05, 0.1) is 5.92 Å². The van der Waals surface area contributed by atoms with Crippen molar-refractivity contribution in [3.05, 3.63) is 34.9 Å². The maximum absolute atomic E-state index is 12.2. The summed E-state index contributed by atoms with van der Waals surface area (Å²) in [6.45, 7) is 6.06. The molecule has 16 heavy (non-hydrogen) atoms. The van der Waals surface area contributed by atoms with E-state index in [2.05, 4.69) is 0 Å². The van der Waals surface area contributed by atoms with Gasteiger partial charge in [-0.2, -0.15) is 0 Å². The van der Waals surface area contributed by atoms with Crippen LogP contribution in [0.2, 0.25) is 5.02 Å².